The molecule has 0 unspecified atom stereocenters. The average molecular weight is 713 g/mol. The van der Waals surface area contributed by atoms with Crippen LogP contribution in [0.1, 0.15) is 0 Å². The molecule has 56 heavy (non-hydrogen) atoms. The maximum atomic E-state index is 2.43. The largest absolute Gasteiger partial charge is 0.309 e. The number of fused-ring (bicyclic) bond motifs is 6. The van der Waals surface area contributed by atoms with Crippen LogP contribution in [0, 0.1) is 0 Å². The molecule has 0 atom stereocenters. The van der Waals surface area contributed by atoms with Gasteiger partial charge in [-0.05, 0) is 99.1 Å². The van der Waals surface area contributed by atoms with E-state index >= 15 is 0 Å². The summed E-state index contributed by atoms with van der Waals surface area (Å²) in [5, 5.41) is 4.99. The van der Waals surface area contributed by atoms with E-state index in [2.05, 4.69) is 228 Å². The molecule has 0 bridgehead atoms. The van der Waals surface area contributed by atoms with E-state index in [0.717, 1.165) is 11.4 Å². The highest BCUT2D eigenvalue weighted by molar-refractivity contribution is 6.17. The third kappa shape index (κ3) is 5.19. The van der Waals surface area contributed by atoms with E-state index in [1.165, 1.54) is 88.1 Å². The lowest BCUT2D eigenvalue weighted by Gasteiger charge is -2.15. The highest BCUT2D eigenvalue weighted by Crippen LogP contribution is 2.42. The molecule has 0 saturated carbocycles. The zero-order chi connectivity index (χ0) is 37.0. The minimum Gasteiger partial charge on any atom is -0.309 e. The third-order valence-electron chi connectivity index (χ3n) is 11.3. The number of hydrogen-bond donors (Lipinski definition) is 0. The molecule has 0 saturated heterocycles. The standard InChI is InChI=1S/C54H36N2/c1-4-16-37(17-5-1)40-22-14-23-42(34-40)56-51-28-13-11-25-47(51)54-45(26-15-29-53(54)56)41-30-33-52-49(35-41)46-24-10-12-27-50(46)55(52)43-31-32-44(38-18-6-2-7-19-38)48(36-43)39-20-8-3-9-21-39/h1-36H. The number of nitrogens with zero attached hydrogens (tertiary/aromatic N) is 2. The summed E-state index contributed by atoms with van der Waals surface area (Å²) in [6.45, 7) is 0. The lowest BCUT2D eigenvalue weighted by molar-refractivity contribution is 1.18. The Hall–Kier alpha value is -7.42. The molecule has 262 valence electrons. The van der Waals surface area contributed by atoms with Crippen molar-refractivity contribution in [1.82, 2.24) is 9.13 Å². The molecular formula is C54H36N2. The Morgan fingerprint density at radius 1 is 0.232 bits per heavy atom. The summed E-state index contributed by atoms with van der Waals surface area (Å²) in [6, 6.07) is 79.4. The summed E-state index contributed by atoms with van der Waals surface area (Å²) in [5.41, 5.74) is 16.8. The van der Waals surface area contributed by atoms with Gasteiger partial charge in [0, 0.05) is 32.9 Å². The summed E-state index contributed by atoms with van der Waals surface area (Å²) in [4.78, 5) is 0. The Balaban J connectivity index is 1.10. The lowest BCUT2D eigenvalue weighted by Crippen LogP contribution is -1.96. The van der Waals surface area contributed by atoms with Crippen LogP contribution < -0.4 is 0 Å². The molecule has 2 heteroatoms. The van der Waals surface area contributed by atoms with Crippen LogP contribution in [-0.2, 0) is 0 Å². The summed E-state index contributed by atoms with van der Waals surface area (Å²) in [7, 11) is 0. The van der Waals surface area contributed by atoms with Crippen molar-refractivity contribution in [3.05, 3.63) is 218 Å². The van der Waals surface area contributed by atoms with Crippen molar-refractivity contribution in [1.29, 1.82) is 0 Å². The van der Waals surface area contributed by atoms with Crippen molar-refractivity contribution in [3.8, 4) is 55.9 Å². The molecule has 2 heterocycles. The fourth-order valence-electron chi connectivity index (χ4n) is 8.81. The lowest BCUT2D eigenvalue weighted by atomic mass is 9.94. The van der Waals surface area contributed by atoms with Crippen LogP contribution in [0.4, 0.5) is 0 Å². The predicted octanol–water partition coefficient (Wildman–Crippen LogP) is 14.5. The van der Waals surface area contributed by atoms with Gasteiger partial charge in [0.1, 0.15) is 0 Å². The summed E-state index contributed by atoms with van der Waals surface area (Å²) >= 11 is 0. The zero-order valence-corrected chi connectivity index (χ0v) is 30.7. The van der Waals surface area contributed by atoms with Crippen LogP contribution >= 0.6 is 0 Å². The predicted molar refractivity (Wildman–Crippen MR) is 237 cm³/mol. The van der Waals surface area contributed by atoms with Gasteiger partial charge in [-0.1, -0.05) is 164 Å². The van der Waals surface area contributed by atoms with E-state index in [-0.39, 0.29) is 0 Å². The second-order valence-corrected chi connectivity index (χ2v) is 14.5. The zero-order valence-electron chi connectivity index (χ0n) is 30.7. The second-order valence-electron chi connectivity index (χ2n) is 14.5. The van der Waals surface area contributed by atoms with Gasteiger partial charge in [-0.3, -0.25) is 0 Å². The smallest absolute Gasteiger partial charge is 0.0547 e. The minimum absolute atomic E-state index is 1.14. The van der Waals surface area contributed by atoms with Gasteiger partial charge < -0.3 is 9.13 Å². The van der Waals surface area contributed by atoms with Crippen molar-refractivity contribution >= 4 is 43.6 Å². The van der Waals surface area contributed by atoms with Gasteiger partial charge in [-0.2, -0.15) is 0 Å². The van der Waals surface area contributed by atoms with E-state index in [4.69, 9.17) is 0 Å². The fraction of sp³-hybridized carbons (Fsp3) is 0. The van der Waals surface area contributed by atoms with Gasteiger partial charge >= 0.3 is 0 Å². The summed E-state index contributed by atoms with van der Waals surface area (Å²) < 4.78 is 4.86. The summed E-state index contributed by atoms with van der Waals surface area (Å²) in [6.07, 6.45) is 0. The number of aromatic nitrogens is 2. The quantitative estimate of drug-likeness (QED) is 0.162. The van der Waals surface area contributed by atoms with Crippen molar-refractivity contribution < 1.29 is 0 Å². The van der Waals surface area contributed by atoms with E-state index in [0.29, 0.717) is 0 Å². The van der Waals surface area contributed by atoms with Crippen LogP contribution in [0.3, 0.4) is 0 Å². The van der Waals surface area contributed by atoms with Gasteiger partial charge in [-0.15, -0.1) is 0 Å². The number of rotatable bonds is 6. The van der Waals surface area contributed by atoms with E-state index in [9.17, 15) is 0 Å². The second kappa shape index (κ2) is 13.2. The van der Waals surface area contributed by atoms with Crippen LogP contribution in [-0.4, -0.2) is 9.13 Å². The molecular weight excluding hydrogens is 677 g/mol. The monoisotopic (exact) mass is 712 g/mol. The SMILES string of the molecule is c1ccc(-c2cccc(-n3c4ccccc4c4c(-c5ccc6c(c5)c5ccccc5n6-c5ccc(-c6ccccc6)c(-c6ccccc6)c5)cccc43)c2)cc1. The number of benzene rings is 9. The maximum absolute atomic E-state index is 2.43. The average Bonchev–Trinajstić information content (AvgIpc) is 3.80. The highest BCUT2D eigenvalue weighted by Gasteiger charge is 2.19. The van der Waals surface area contributed by atoms with E-state index in [1.807, 2.05) is 0 Å². The molecule has 0 amide bonds. The van der Waals surface area contributed by atoms with Crippen LogP contribution in [0.5, 0.6) is 0 Å². The van der Waals surface area contributed by atoms with E-state index in [1.54, 1.807) is 0 Å². The summed E-state index contributed by atoms with van der Waals surface area (Å²) in [5.74, 6) is 0. The van der Waals surface area contributed by atoms with E-state index < -0.39 is 0 Å². The van der Waals surface area contributed by atoms with Gasteiger partial charge in [0.2, 0.25) is 0 Å². The van der Waals surface area contributed by atoms with Crippen LogP contribution in [0.25, 0.3) is 99.5 Å². The first-order chi connectivity index (χ1) is 27.8. The highest BCUT2D eigenvalue weighted by atomic mass is 15.0. The fourth-order valence-corrected chi connectivity index (χ4v) is 8.81. The maximum Gasteiger partial charge on any atom is 0.0547 e. The Morgan fingerprint density at radius 2 is 0.768 bits per heavy atom. The van der Waals surface area contributed by atoms with Crippen molar-refractivity contribution in [2.45, 2.75) is 0 Å². The first-order valence-electron chi connectivity index (χ1n) is 19.3. The van der Waals surface area contributed by atoms with Gasteiger partial charge in [0.15, 0.2) is 0 Å². The molecule has 11 aromatic rings. The van der Waals surface area contributed by atoms with Crippen molar-refractivity contribution in [2.24, 2.45) is 0 Å². The molecule has 0 aliphatic carbocycles. The molecule has 0 fully saturated rings. The Labute approximate surface area is 325 Å². The molecule has 2 aromatic heterocycles. The third-order valence-corrected chi connectivity index (χ3v) is 11.3. The molecule has 0 spiro atoms. The number of hydrogen-bond acceptors (Lipinski definition) is 0. The Morgan fingerprint density at radius 3 is 1.52 bits per heavy atom. The van der Waals surface area contributed by atoms with Gasteiger partial charge in [0.05, 0.1) is 22.1 Å². The molecule has 9 aromatic carbocycles. The minimum atomic E-state index is 1.14. The number of para-hydroxylation sites is 2. The van der Waals surface area contributed by atoms with Gasteiger partial charge in [0.25, 0.3) is 0 Å². The Kier molecular flexibility index (Phi) is 7.53. The van der Waals surface area contributed by atoms with Crippen molar-refractivity contribution in [2.75, 3.05) is 0 Å². The van der Waals surface area contributed by atoms with Gasteiger partial charge in [-0.25, -0.2) is 0 Å². The molecule has 0 radical (unpaired) electrons. The molecule has 2 nitrogen and oxygen atoms in total. The topological polar surface area (TPSA) is 9.86 Å². The molecule has 0 N–H and O–H groups in total. The normalized spacial score (nSPS) is 11.6. The first-order valence-corrected chi connectivity index (χ1v) is 19.3. The first kappa shape index (κ1) is 32.0. The molecule has 11 rings (SSSR count). The molecule has 0 aliphatic rings. The molecule has 0 aliphatic heterocycles. The Bertz CT molecular complexity index is 3220. The van der Waals surface area contributed by atoms with Crippen LogP contribution in [0.15, 0.2) is 218 Å². The van der Waals surface area contributed by atoms with Crippen LogP contribution in [0.2, 0.25) is 0 Å². The van der Waals surface area contributed by atoms with Crippen molar-refractivity contribution in [3.63, 3.8) is 0 Å².